The molecule has 0 amide bonds. The number of rotatable bonds is 1. The number of benzene rings is 1. The van der Waals surface area contributed by atoms with E-state index in [-0.39, 0.29) is 0 Å². The van der Waals surface area contributed by atoms with Crippen LogP contribution in [-0.2, 0) is 16.8 Å². The molecule has 1 atom stereocenters. The van der Waals surface area contributed by atoms with E-state index in [2.05, 4.69) is 0 Å². The van der Waals surface area contributed by atoms with Crippen LogP contribution in [0, 0.1) is 0 Å². The maximum absolute atomic E-state index is 11.0. The number of hydrogen-bond donors (Lipinski definition) is 3. The molecule has 4 nitrogen and oxygen atoms in total. The normalized spacial score (nSPS) is 24.6. The Hall–Kier alpha value is -1.55. The highest BCUT2D eigenvalue weighted by molar-refractivity contribution is 5.82. The van der Waals surface area contributed by atoms with Gasteiger partial charge < -0.3 is 16.6 Å². The third kappa shape index (κ3) is 1.08. The Morgan fingerprint density at radius 1 is 1.50 bits per heavy atom. The van der Waals surface area contributed by atoms with Gasteiger partial charge in [-0.3, -0.25) is 0 Å². The Morgan fingerprint density at radius 3 is 2.86 bits per heavy atom. The Balaban J connectivity index is 2.58. The van der Waals surface area contributed by atoms with Crippen molar-refractivity contribution in [2.75, 3.05) is 5.73 Å². The zero-order valence-corrected chi connectivity index (χ0v) is 7.66. The van der Waals surface area contributed by atoms with Gasteiger partial charge in [-0.2, -0.15) is 0 Å². The van der Waals surface area contributed by atoms with Crippen LogP contribution >= 0.6 is 0 Å². The molecule has 0 radical (unpaired) electrons. The summed E-state index contributed by atoms with van der Waals surface area (Å²) in [6.07, 6.45) is 1.15. The summed E-state index contributed by atoms with van der Waals surface area (Å²) in [6, 6.07) is 5.28. The van der Waals surface area contributed by atoms with Crippen molar-refractivity contribution < 1.29 is 9.90 Å². The zero-order chi connectivity index (χ0) is 10.3. The van der Waals surface area contributed by atoms with Gasteiger partial charge in [0, 0.05) is 5.69 Å². The van der Waals surface area contributed by atoms with Gasteiger partial charge in [-0.1, -0.05) is 6.07 Å². The van der Waals surface area contributed by atoms with E-state index in [0.717, 1.165) is 5.56 Å². The zero-order valence-electron chi connectivity index (χ0n) is 7.66. The minimum Gasteiger partial charge on any atom is -0.480 e. The lowest BCUT2D eigenvalue weighted by Gasteiger charge is -2.19. The van der Waals surface area contributed by atoms with Crippen LogP contribution < -0.4 is 11.5 Å². The average Bonchev–Trinajstić information content (AvgIpc) is 2.46. The molecule has 0 bridgehead atoms. The summed E-state index contributed by atoms with van der Waals surface area (Å²) in [5, 5.41) is 9.04. The van der Waals surface area contributed by atoms with Gasteiger partial charge in [0.25, 0.3) is 0 Å². The highest BCUT2D eigenvalue weighted by atomic mass is 16.4. The molecule has 0 saturated carbocycles. The fourth-order valence-corrected chi connectivity index (χ4v) is 1.92. The molecule has 0 aliphatic heterocycles. The van der Waals surface area contributed by atoms with Crippen molar-refractivity contribution in [2.24, 2.45) is 5.73 Å². The summed E-state index contributed by atoms with van der Waals surface area (Å²) in [6.45, 7) is 0. The van der Waals surface area contributed by atoms with Gasteiger partial charge in [0.1, 0.15) is 5.54 Å². The second kappa shape index (κ2) is 2.72. The number of nitrogen functional groups attached to an aromatic ring is 1. The fourth-order valence-electron chi connectivity index (χ4n) is 1.92. The van der Waals surface area contributed by atoms with E-state index in [1.165, 1.54) is 0 Å². The Morgan fingerprint density at radius 2 is 2.21 bits per heavy atom. The van der Waals surface area contributed by atoms with Crippen molar-refractivity contribution in [3.63, 3.8) is 0 Å². The predicted octanol–water partition coefficient (Wildman–Crippen LogP) is 0.454. The number of anilines is 1. The van der Waals surface area contributed by atoms with E-state index in [1.807, 2.05) is 6.07 Å². The Labute approximate surface area is 81.5 Å². The monoisotopic (exact) mass is 192 g/mol. The van der Waals surface area contributed by atoms with Crippen LogP contribution in [0.4, 0.5) is 5.69 Å². The van der Waals surface area contributed by atoms with Crippen LogP contribution in [0.2, 0.25) is 0 Å². The molecule has 0 saturated heterocycles. The topological polar surface area (TPSA) is 89.3 Å². The van der Waals surface area contributed by atoms with Crippen LogP contribution in [0.3, 0.4) is 0 Å². The van der Waals surface area contributed by atoms with Crippen LogP contribution in [-0.4, -0.2) is 11.1 Å². The first-order valence-corrected chi connectivity index (χ1v) is 4.45. The van der Waals surface area contributed by atoms with Crippen LogP contribution in [0.15, 0.2) is 18.2 Å². The first-order chi connectivity index (χ1) is 6.54. The molecular formula is C10H12N2O2. The predicted molar refractivity (Wildman–Crippen MR) is 52.7 cm³/mol. The van der Waals surface area contributed by atoms with Gasteiger partial charge >= 0.3 is 5.97 Å². The maximum Gasteiger partial charge on any atom is 0.328 e. The number of aliphatic carboxylic acids is 1. The molecule has 0 heterocycles. The Bertz CT molecular complexity index is 403. The summed E-state index contributed by atoms with van der Waals surface area (Å²) in [7, 11) is 0. The number of carbonyl (C=O) groups is 1. The van der Waals surface area contributed by atoms with Crippen LogP contribution in [0.25, 0.3) is 0 Å². The summed E-state index contributed by atoms with van der Waals surface area (Å²) < 4.78 is 0. The lowest BCUT2D eigenvalue weighted by atomic mass is 9.93. The fraction of sp³-hybridized carbons (Fsp3) is 0.300. The van der Waals surface area contributed by atoms with Gasteiger partial charge in [0.05, 0.1) is 0 Å². The largest absolute Gasteiger partial charge is 0.480 e. The molecule has 0 aromatic heterocycles. The number of nitrogens with two attached hydrogens (primary N) is 2. The standard InChI is InChI=1S/C10H12N2O2/c11-7-2-1-6-3-4-10(12,9(13)14)8(6)5-7/h1-2,5H,3-4,11-12H2,(H,13,14). The Kier molecular flexibility index (Phi) is 1.75. The molecule has 1 aromatic carbocycles. The first-order valence-electron chi connectivity index (χ1n) is 4.45. The lowest BCUT2D eigenvalue weighted by Crippen LogP contribution is -2.42. The molecule has 1 unspecified atom stereocenters. The first kappa shape index (κ1) is 9.02. The summed E-state index contributed by atoms with van der Waals surface area (Å²) in [5.74, 6) is -0.984. The van der Waals surface area contributed by atoms with E-state index in [1.54, 1.807) is 12.1 Å². The smallest absolute Gasteiger partial charge is 0.328 e. The van der Waals surface area contributed by atoms with Crippen molar-refractivity contribution in [3.05, 3.63) is 29.3 Å². The molecule has 14 heavy (non-hydrogen) atoms. The third-order valence-corrected chi connectivity index (χ3v) is 2.78. The number of aryl methyl sites for hydroxylation is 1. The van der Waals surface area contributed by atoms with E-state index in [0.29, 0.717) is 24.1 Å². The molecular weight excluding hydrogens is 180 g/mol. The van der Waals surface area contributed by atoms with E-state index < -0.39 is 11.5 Å². The van der Waals surface area contributed by atoms with Crippen molar-refractivity contribution >= 4 is 11.7 Å². The molecule has 1 aromatic rings. The molecule has 0 fully saturated rings. The number of carboxylic acids is 1. The molecule has 5 N–H and O–H groups in total. The maximum atomic E-state index is 11.0. The summed E-state index contributed by atoms with van der Waals surface area (Å²) in [4.78, 5) is 11.0. The molecule has 0 spiro atoms. The quantitative estimate of drug-likeness (QED) is 0.564. The summed E-state index contributed by atoms with van der Waals surface area (Å²) in [5.41, 5.74) is 12.4. The van der Waals surface area contributed by atoms with Crippen LogP contribution in [0.1, 0.15) is 17.5 Å². The van der Waals surface area contributed by atoms with Crippen molar-refractivity contribution in [1.82, 2.24) is 0 Å². The average molecular weight is 192 g/mol. The molecule has 74 valence electrons. The lowest BCUT2D eigenvalue weighted by molar-refractivity contribution is -0.143. The second-order valence-corrected chi connectivity index (χ2v) is 3.69. The highest BCUT2D eigenvalue weighted by Crippen LogP contribution is 2.36. The highest BCUT2D eigenvalue weighted by Gasteiger charge is 2.41. The minimum atomic E-state index is -1.25. The van der Waals surface area contributed by atoms with E-state index in [9.17, 15) is 4.79 Å². The van der Waals surface area contributed by atoms with Crippen molar-refractivity contribution in [1.29, 1.82) is 0 Å². The number of hydrogen-bond acceptors (Lipinski definition) is 3. The molecule has 4 heteroatoms. The van der Waals surface area contributed by atoms with Gasteiger partial charge in [-0.05, 0) is 36.1 Å². The molecule has 1 aliphatic carbocycles. The minimum absolute atomic E-state index is 0.446. The SMILES string of the molecule is Nc1ccc2c(c1)C(N)(C(=O)O)CC2. The van der Waals surface area contributed by atoms with Gasteiger partial charge in [-0.15, -0.1) is 0 Å². The second-order valence-electron chi connectivity index (χ2n) is 3.69. The number of carboxylic acid groups (broad SMARTS) is 1. The van der Waals surface area contributed by atoms with Crippen LogP contribution in [0.5, 0.6) is 0 Å². The molecule has 1 aliphatic rings. The van der Waals surface area contributed by atoms with Crippen molar-refractivity contribution in [2.45, 2.75) is 18.4 Å². The number of fused-ring (bicyclic) bond motifs is 1. The van der Waals surface area contributed by atoms with E-state index >= 15 is 0 Å². The third-order valence-electron chi connectivity index (χ3n) is 2.78. The molecule has 2 rings (SSSR count). The summed E-state index contributed by atoms with van der Waals surface area (Å²) >= 11 is 0. The van der Waals surface area contributed by atoms with E-state index in [4.69, 9.17) is 16.6 Å². The van der Waals surface area contributed by atoms with Gasteiger partial charge in [0.15, 0.2) is 0 Å². The van der Waals surface area contributed by atoms with Gasteiger partial charge in [-0.25, -0.2) is 4.79 Å². The van der Waals surface area contributed by atoms with Crippen molar-refractivity contribution in [3.8, 4) is 0 Å². The van der Waals surface area contributed by atoms with Gasteiger partial charge in [0.2, 0.25) is 0 Å².